The van der Waals surface area contributed by atoms with Gasteiger partial charge in [0.15, 0.2) is 12.0 Å². The summed E-state index contributed by atoms with van der Waals surface area (Å²) in [5.74, 6) is 0.634. The van der Waals surface area contributed by atoms with E-state index in [1.165, 1.54) is 19.2 Å². The van der Waals surface area contributed by atoms with Crippen molar-refractivity contribution >= 4 is 5.69 Å². The number of rotatable bonds is 6. The zero-order chi connectivity index (χ0) is 14.4. The summed E-state index contributed by atoms with van der Waals surface area (Å²) in [5, 5.41) is 10.9. The Morgan fingerprint density at radius 2 is 2.15 bits per heavy atom. The summed E-state index contributed by atoms with van der Waals surface area (Å²) in [4.78, 5) is 10.4. The van der Waals surface area contributed by atoms with Crippen molar-refractivity contribution in [1.82, 2.24) is 0 Å². The maximum absolute atomic E-state index is 10.9. The van der Waals surface area contributed by atoms with Crippen molar-refractivity contribution < 1.29 is 23.9 Å². The standard InChI is InChI=1S/C13H17NO6/c1-17-12-4-3-10(9-11(12)14(15)16)18-8-5-13-19-6-2-7-20-13/h3-4,9,13H,2,5-8H2,1H3. The van der Waals surface area contributed by atoms with Crippen LogP contribution < -0.4 is 9.47 Å². The van der Waals surface area contributed by atoms with Crippen molar-refractivity contribution in [3.63, 3.8) is 0 Å². The molecule has 0 saturated carbocycles. The van der Waals surface area contributed by atoms with Gasteiger partial charge in [-0.3, -0.25) is 10.1 Å². The molecule has 0 aromatic heterocycles. The molecule has 0 radical (unpaired) electrons. The van der Waals surface area contributed by atoms with E-state index in [0.717, 1.165) is 6.42 Å². The van der Waals surface area contributed by atoms with Crippen LogP contribution >= 0.6 is 0 Å². The normalized spacial score (nSPS) is 15.8. The molecule has 1 heterocycles. The molecule has 0 bridgehead atoms. The molecule has 0 spiro atoms. The molecular formula is C13H17NO6. The van der Waals surface area contributed by atoms with Gasteiger partial charge in [0.2, 0.25) is 0 Å². The lowest BCUT2D eigenvalue weighted by Gasteiger charge is -2.23. The molecule has 20 heavy (non-hydrogen) atoms. The third-order valence-electron chi connectivity index (χ3n) is 2.87. The third-order valence-corrected chi connectivity index (χ3v) is 2.87. The lowest BCUT2D eigenvalue weighted by molar-refractivity contribution is -0.385. The number of hydrogen-bond acceptors (Lipinski definition) is 6. The van der Waals surface area contributed by atoms with Gasteiger partial charge >= 0.3 is 5.69 Å². The Morgan fingerprint density at radius 3 is 2.80 bits per heavy atom. The van der Waals surface area contributed by atoms with Gasteiger partial charge in [-0.25, -0.2) is 0 Å². The molecule has 7 heteroatoms. The molecule has 1 aromatic carbocycles. The second kappa shape index (κ2) is 7.06. The summed E-state index contributed by atoms with van der Waals surface area (Å²) in [6.07, 6.45) is 1.24. The highest BCUT2D eigenvalue weighted by Gasteiger charge is 2.17. The average molecular weight is 283 g/mol. The predicted octanol–water partition coefficient (Wildman–Crippen LogP) is 2.14. The average Bonchev–Trinajstić information content (AvgIpc) is 2.48. The van der Waals surface area contributed by atoms with E-state index in [4.69, 9.17) is 18.9 Å². The molecule has 0 N–H and O–H groups in total. The molecule has 0 unspecified atom stereocenters. The highest BCUT2D eigenvalue weighted by Crippen LogP contribution is 2.30. The van der Waals surface area contributed by atoms with E-state index in [2.05, 4.69) is 0 Å². The molecule has 1 aromatic rings. The van der Waals surface area contributed by atoms with E-state index in [9.17, 15) is 10.1 Å². The van der Waals surface area contributed by atoms with Crippen molar-refractivity contribution in [3.8, 4) is 11.5 Å². The van der Waals surface area contributed by atoms with Crippen molar-refractivity contribution in [2.45, 2.75) is 19.1 Å². The number of benzene rings is 1. The highest BCUT2D eigenvalue weighted by atomic mass is 16.7. The largest absolute Gasteiger partial charge is 0.493 e. The van der Waals surface area contributed by atoms with Gasteiger partial charge in [-0.15, -0.1) is 0 Å². The first kappa shape index (κ1) is 14.5. The minimum absolute atomic E-state index is 0.116. The molecule has 0 amide bonds. The van der Waals surface area contributed by atoms with Gasteiger partial charge in [-0.05, 0) is 18.6 Å². The van der Waals surface area contributed by atoms with Gasteiger partial charge in [0.25, 0.3) is 0 Å². The van der Waals surface area contributed by atoms with Crippen molar-refractivity contribution in [3.05, 3.63) is 28.3 Å². The molecule has 1 saturated heterocycles. The number of nitro groups is 1. The van der Waals surface area contributed by atoms with E-state index in [-0.39, 0.29) is 17.7 Å². The van der Waals surface area contributed by atoms with Crippen LogP contribution in [0.1, 0.15) is 12.8 Å². The van der Waals surface area contributed by atoms with Gasteiger partial charge < -0.3 is 18.9 Å². The first-order valence-electron chi connectivity index (χ1n) is 6.39. The summed E-state index contributed by atoms with van der Waals surface area (Å²) < 4.78 is 21.2. The SMILES string of the molecule is COc1ccc(OCCC2OCCCO2)cc1[N+](=O)[O-]. The van der Waals surface area contributed by atoms with Crippen LogP contribution in [-0.4, -0.2) is 38.1 Å². The number of nitrogens with zero attached hydrogens (tertiary/aromatic N) is 1. The molecule has 0 aliphatic carbocycles. The number of methoxy groups -OCH3 is 1. The fourth-order valence-electron chi connectivity index (χ4n) is 1.88. The molecule has 110 valence electrons. The number of hydrogen-bond donors (Lipinski definition) is 0. The van der Waals surface area contributed by atoms with E-state index < -0.39 is 4.92 Å². The maximum atomic E-state index is 10.9. The highest BCUT2D eigenvalue weighted by molar-refractivity contribution is 5.50. The molecule has 7 nitrogen and oxygen atoms in total. The van der Waals surface area contributed by atoms with Crippen LogP contribution in [0, 0.1) is 10.1 Å². The minimum atomic E-state index is -0.501. The Labute approximate surface area is 116 Å². The van der Waals surface area contributed by atoms with Gasteiger partial charge in [-0.2, -0.15) is 0 Å². The van der Waals surface area contributed by atoms with Crippen molar-refractivity contribution in [1.29, 1.82) is 0 Å². The van der Waals surface area contributed by atoms with Gasteiger partial charge in [0.05, 0.1) is 37.9 Å². The van der Waals surface area contributed by atoms with Gasteiger partial charge in [-0.1, -0.05) is 0 Å². The summed E-state index contributed by atoms with van der Waals surface area (Å²) in [5.41, 5.74) is -0.116. The van der Waals surface area contributed by atoms with Gasteiger partial charge in [0.1, 0.15) is 5.75 Å². The number of ether oxygens (including phenoxy) is 4. The summed E-state index contributed by atoms with van der Waals surface area (Å²) in [6, 6.07) is 4.50. The zero-order valence-corrected chi connectivity index (χ0v) is 11.2. The predicted molar refractivity (Wildman–Crippen MR) is 70.1 cm³/mol. The summed E-state index contributed by atoms with van der Waals surface area (Å²) >= 11 is 0. The Kier molecular flexibility index (Phi) is 5.14. The molecule has 0 atom stereocenters. The van der Waals surface area contributed by atoms with Gasteiger partial charge in [0, 0.05) is 6.42 Å². The van der Waals surface area contributed by atoms with Crippen LogP contribution in [0.3, 0.4) is 0 Å². The van der Waals surface area contributed by atoms with Crippen molar-refractivity contribution in [2.24, 2.45) is 0 Å². The fourth-order valence-corrected chi connectivity index (χ4v) is 1.88. The van der Waals surface area contributed by atoms with Crippen LogP contribution in [0.25, 0.3) is 0 Å². The quantitative estimate of drug-likeness (QED) is 0.587. The Hall–Kier alpha value is -1.86. The zero-order valence-electron chi connectivity index (χ0n) is 11.2. The first-order chi connectivity index (χ1) is 9.70. The third kappa shape index (κ3) is 3.82. The van der Waals surface area contributed by atoms with E-state index in [0.29, 0.717) is 32.0 Å². The van der Waals surface area contributed by atoms with E-state index in [1.54, 1.807) is 6.07 Å². The number of nitro benzene ring substituents is 1. The lowest BCUT2D eigenvalue weighted by atomic mass is 10.3. The monoisotopic (exact) mass is 283 g/mol. The Morgan fingerprint density at radius 1 is 1.40 bits per heavy atom. The van der Waals surface area contributed by atoms with Crippen molar-refractivity contribution in [2.75, 3.05) is 26.9 Å². The second-order valence-electron chi connectivity index (χ2n) is 4.25. The Bertz CT molecular complexity index is 458. The molecule has 1 aliphatic rings. The van der Waals surface area contributed by atoms with Crippen LogP contribution in [-0.2, 0) is 9.47 Å². The topological polar surface area (TPSA) is 80.1 Å². The smallest absolute Gasteiger partial charge is 0.314 e. The summed E-state index contributed by atoms with van der Waals surface area (Å²) in [7, 11) is 1.39. The lowest BCUT2D eigenvalue weighted by Crippen LogP contribution is -2.26. The minimum Gasteiger partial charge on any atom is -0.493 e. The fraction of sp³-hybridized carbons (Fsp3) is 0.538. The van der Waals surface area contributed by atoms with Crippen LogP contribution in [0.5, 0.6) is 11.5 Å². The van der Waals surface area contributed by atoms with Crippen LogP contribution in [0.2, 0.25) is 0 Å². The first-order valence-corrected chi connectivity index (χ1v) is 6.39. The maximum Gasteiger partial charge on any atom is 0.314 e. The Balaban J connectivity index is 1.89. The molecule has 2 rings (SSSR count). The second-order valence-corrected chi connectivity index (χ2v) is 4.25. The molecule has 1 fully saturated rings. The van der Waals surface area contributed by atoms with Crippen LogP contribution in [0.4, 0.5) is 5.69 Å². The van der Waals surface area contributed by atoms with E-state index in [1.807, 2.05) is 0 Å². The molecular weight excluding hydrogens is 266 g/mol. The van der Waals surface area contributed by atoms with Crippen LogP contribution in [0.15, 0.2) is 18.2 Å². The summed E-state index contributed by atoms with van der Waals surface area (Å²) in [6.45, 7) is 1.76. The molecule has 1 aliphatic heterocycles. The van der Waals surface area contributed by atoms with E-state index >= 15 is 0 Å².